The van der Waals surface area contributed by atoms with Gasteiger partial charge in [0.05, 0.1) is 39.1 Å². The number of fused-ring (bicyclic) bond motifs is 1. The number of imidazole rings is 1. The quantitative estimate of drug-likeness (QED) is 0.396. The predicted molar refractivity (Wildman–Crippen MR) is 122 cm³/mol. The standard InChI is InChI=1S/C21H21ClN4O5S/c1-2-25-20-8-7-17(32(29,30)24-9-11-31-12-10-24)14-19(20)23-21(25)18(22)13-15-3-5-16(6-4-15)26(27)28/h3-8,13-14H,2,9-12H2,1H3. The van der Waals surface area contributed by atoms with E-state index in [0.717, 1.165) is 5.52 Å². The summed E-state index contributed by atoms with van der Waals surface area (Å²) in [5.74, 6) is 0.489. The number of benzene rings is 2. The van der Waals surface area contributed by atoms with Gasteiger partial charge in [-0.1, -0.05) is 11.6 Å². The molecule has 1 aliphatic rings. The van der Waals surface area contributed by atoms with E-state index < -0.39 is 14.9 Å². The summed E-state index contributed by atoms with van der Waals surface area (Å²) in [6.07, 6.45) is 1.67. The van der Waals surface area contributed by atoms with Crippen molar-refractivity contribution < 1.29 is 18.1 Å². The molecule has 2 aromatic carbocycles. The molecule has 1 saturated heterocycles. The first kappa shape index (κ1) is 22.4. The molecule has 0 N–H and O–H groups in total. The Morgan fingerprint density at radius 2 is 1.91 bits per heavy atom. The fraction of sp³-hybridized carbons (Fsp3) is 0.286. The van der Waals surface area contributed by atoms with Gasteiger partial charge in [0.25, 0.3) is 5.69 Å². The summed E-state index contributed by atoms with van der Waals surface area (Å²) < 4.78 is 34.5. The van der Waals surface area contributed by atoms with Crippen LogP contribution in [0.2, 0.25) is 0 Å². The van der Waals surface area contributed by atoms with Gasteiger partial charge < -0.3 is 9.30 Å². The zero-order valence-corrected chi connectivity index (χ0v) is 18.8. The number of rotatable bonds is 6. The van der Waals surface area contributed by atoms with E-state index in [1.54, 1.807) is 36.4 Å². The van der Waals surface area contributed by atoms with Gasteiger partial charge in [0.1, 0.15) is 0 Å². The first-order valence-corrected chi connectivity index (χ1v) is 11.8. The first-order chi connectivity index (χ1) is 15.3. The minimum absolute atomic E-state index is 0.00641. The molecule has 0 bridgehead atoms. The number of hydrogen-bond donors (Lipinski definition) is 0. The lowest BCUT2D eigenvalue weighted by atomic mass is 10.2. The van der Waals surface area contributed by atoms with Crippen molar-refractivity contribution in [2.24, 2.45) is 0 Å². The molecular weight excluding hydrogens is 456 g/mol. The molecule has 1 fully saturated rings. The van der Waals surface area contributed by atoms with E-state index in [2.05, 4.69) is 4.98 Å². The molecule has 168 valence electrons. The van der Waals surface area contributed by atoms with E-state index in [-0.39, 0.29) is 10.6 Å². The molecule has 2 heterocycles. The topological polar surface area (TPSA) is 108 Å². The molecule has 4 rings (SSSR count). The summed E-state index contributed by atoms with van der Waals surface area (Å²) in [7, 11) is -3.64. The normalized spacial score (nSPS) is 15.9. The van der Waals surface area contributed by atoms with Crippen LogP contribution in [0, 0.1) is 10.1 Å². The highest BCUT2D eigenvalue weighted by Gasteiger charge is 2.27. The van der Waals surface area contributed by atoms with Gasteiger partial charge in [0.2, 0.25) is 10.0 Å². The lowest BCUT2D eigenvalue weighted by Crippen LogP contribution is -2.40. The van der Waals surface area contributed by atoms with E-state index in [0.29, 0.717) is 54.8 Å². The molecule has 0 radical (unpaired) electrons. The van der Waals surface area contributed by atoms with Crippen molar-refractivity contribution in [1.29, 1.82) is 0 Å². The summed E-state index contributed by atoms with van der Waals surface area (Å²) >= 11 is 6.55. The van der Waals surface area contributed by atoms with Crippen molar-refractivity contribution in [3.05, 3.63) is 64.0 Å². The first-order valence-electron chi connectivity index (χ1n) is 10.0. The summed E-state index contributed by atoms with van der Waals surface area (Å²) in [6, 6.07) is 10.9. The van der Waals surface area contributed by atoms with Crippen LogP contribution in [0.15, 0.2) is 47.4 Å². The van der Waals surface area contributed by atoms with E-state index in [4.69, 9.17) is 16.3 Å². The van der Waals surface area contributed by atoms with Gasteiger partial charge in [-0.3, -0.25) is 10.1 Å². The molecule has 1 aromatic heterocycles. The van der Waals surface area contributed by atoms with Crippen LogP contribution < -0.4 is 0 Å². The lowest BCUT2D eigenvalue weighted by molar-refractivity contribution is -0.384. The molecule has 0 amide bonds. The Bertz CT molecular complexity index is 1300. The third-order valence-corrected chi connectivity index (χ3v) is 7.43. The highest BCUT2D eigenvalue weighted by molar-refractivity contribution is 7.89. The molecule has 3 aromatic rings. The smallest absolute Gasteiger partial charge is 0.269 e. The minimum atomic E-state index is -3.64. The van der Waals surface area contributed by atoms with E-state index in [9.17, 15) is 18.5 Å². The maximum Gasteiger partial charge on any atom is 0.269 e. The van der Waals surface area contributed by atoms with Crippen LogP contribution in [-0.4, -0.2) is 53.5 Å². The highest BCUT2D eigenvalue weighted by atomic mass is 35.5. The average Bonchev–Trinajstić information content (AvgIpc) is 3.18. The monoisotopic (exact) mass is 476 g/mol. The number of aromatic nitrogens is 2. The molecule has 9 nitrogen and oxygen atoms in total. The number of nitro groups is 1. The van der Waals surface area contributed by atoms with Gasteiger partial charge in [-0.25, -0.2) is 13.4 Å². The molecule has 0 spiro atoms. The summed E-state index contributed by atoms with van der Waals surface area (Å²) in [6.45, 7) is 3.90. The molecule has 11 heteroatoms. The predicted octanol–water partition coefficient (Wildman–Crippen LogP) is 3.72. The van der Waals surface area contributed by atoms with Crippen LogP contribution in [0.1, 0.15) is 18.3 Å². The van der Waals surface area contributed by atoms with Crippen LogP contribution >= 0.6 is 11.6 Å². The molecule has 0 saturated carbocycles. The SMILES string of the molecule is CCn1c(C(Cl)=Cc2ccc([N+](=O)[O-])cc2)nc2cc(S(=O)(=O)N3CCOCC3)ccc21. The van der Waals surface area contributed by atoms with Gasteiger partial charge in [-0.15, -0.1) is 0 Å². The second-order valence-corrected chi connectivity index (χ2v) is 9.53. The van der Waals surface area contributed by atoms with Crippen molar-refractivity contribution in [3.8, 4) is 0 Å². The number of morpholine rings is 1. The summed E-state index contributed by atoms with van der Waals surface area (Å²) in [4.78, 5) is 15.1. The molecule has 0 atom stereocenters. The molecule has 1 aliphatic heterocycles. The number of sulfonamides is 1. The van der Waals surface area contributed by atoms with E-state index in [1.165, 1.54) is 16.4 Å². The summed E-state index contributed by atoms with van der Waals surface area (Å²) in [5, 5.41) is 11.2. The zero-order valence-electron chi connectivity index (χ0n) is 17.3. The van der Waals surface area contributed by atoms with Crippen LogP contribution in [0.25, 0.3) is 22.1 Å². The van der Waals surface area contributed by atoms with Crippen molar-refractivity contribution in [2.45, 2.75) is 18.4 Å². The number of ether oxygens (including phenoxy) is 1. The van der Waals surface area contributed by atoms with Gasteiger partial charge >= 0.3 is 0 Å². The molecule has 32 heavy (non-hydrogen) atoms. The number of halogens is 1. The number of aryl methyl sites for hydroxylation is 1. The van der Waals surface area contributed by atoms with Crippen LogP contribution in [0.5, 0.6) is 0 Å². The Balaban J connectivity index is 1.71. The van der Waals surface area contributed by atoms with Gasteiger partial charge in [-0.2, -0.15) is 4.31 Å². The van der Waals surface area contributed by atoms with Gasteiger partial charge in [0.15, 0.2) is 5.82 Å². The van der Waals surface area contributed by atoms with Crippen LogP contribution in [0.4, 0.5) is 5.69 Å². The fourth-order valence-electron chi connectivity index (χ4n) is 3.61. The molecule has 0 aliphatic carbocycles. The van der Waals surface area contributed by atoms with Gasteiger partial charge in [-0.05, 0) is 48.9 Å². The van der Waals surface area contributed by atoms with Gasteiger partial charge in [0, 0.05) is 31.8 Å². The third-order valence-electron chi connectivity index (χ3n) is 5.25. The molecule has 0 unspecified atom stereocenters. The zero-order chi connectivity index (χ0) is 22.9. The Morgan fingerprint density at radius 3 is 2.53 bits per heavy atom. The number of non-ortho nitro benzene ring substituents is 1. The van der Waals surface area contributed by atoms with Crippen molar-refractivity contribution in [2.75, 3.05) is 26.3 Å². The maximum atomic E-state index is 13.0. The average molecular weight is 477 g/mol. The second kappa shape index (κ2) is 8.99. The van der Waals surface area contributed by atoms with Crippen LogP contribution in [0.3, 0.4) is 0 Å². The number of nitrogens with zero attached hydrogens (tertiary/aromatic N) is 4. The van der Waals surface area contributed by atoms with Crippen molar-refractivity contribution in [1.82, 2.24) is 13.9 Å². The Kier molecular flexibility index (Phi) is 6.29. The number of nitro benzene ring substituents is 1. The second-order valence-electron chi connectivity index (χ2n) is 7.19. The minimum Gasteiger partial charge on any atom is -0.379 e. The van der Waals surface area contributed by atoms with Crippen molar-refractivity contribution in [3.63, 3.8) is 0 Å². The fourth-order valence-corrected chi connectivity index (χ4v) is 5.31. The van der Waals surface area contributed by atoms with Crippen LogP contribution in [-0.2, 0) is 21.3 Å². The summed E-state index contributed by atoms with van der Waals surface area (Å²) in [5.41, 5.74) is 1.96. The Morgan fingerprint density at radius 1 is 1.22 bits per heavy atom. The Labute approximate surface area is 190 Å². The molecular formula is C21H21ClN4O5S. The lowest BCUT2D eigenvalue weighted by Gasteiger charge is -2.26. The largest absolute Gasteiger partial charge is 0.379 e. The number of hydrogen-bond acceptors (Lipinski definition) is 6. The van der Waals surface area contributed by atoms with Crippen molar-refractivity contribution >= 4 is 49.5 Å². The Hall–Kier alpha value is -2.79. The highest BCUT2D eigenvalue weighted by Crippen LogP contribution is 2.29. The van der Waals surface area contributed by atoms with E-state index in [1.807, 2.05) is 11.5 Å². The third kappa shape index (κ3) is 4.26. The van der Waals surface area contributed by atoms with E-state index >= 15 is 0 Å². The maximum absolute atomic E-state index is 13.0.